The van der Waals surface area contributed by atoms with Gasteiger partial charge in [-0.3, -0.25) is 4.79 Å². The van der Waals surface area contributed by atoms with Crippen LogP contribution in [0.15, 0.2) is 72.8 Å². The summed E-state index contributed by atoms with van der Waals surface area (Å²) in [7, 11) is 1.48. The number of para-hydroxylation sites is 1. The van der Waals surface area contributed by atoms with Crippen LogP contribution in [0.3, 0.4) is 0 Å². The molecule has 3 aromatic carbocycles. The van der Waals surface area contributed by atoms with Gasteiger partial charge in [-0.25, -0.2) is 0 Å². The first-order chi connectivity index (χ1) is 14.1. The van der Waals surface area contributed by atoms with E-state index in [1.54, 1.807) is 49.4 Å². The largest absolute Gasteiger partial charge is 0.493 e. The number of nitriles is 1. The van der Waals surface area contributed by atoms with Crippen molar-refractivity contribution in [3.05, 3.63) is 78.4 Å². The summed E-state index contributed by atoms with van der Waals surface area (Å²) in [5.74, 6) is 1.88. The zero-order valence-electron chi connectivity index (χ0n) is 16.1. The van der Waals surface area contributed by atoms with Gasteiger partial charge < -0.3 is 19.5 Å². The molecule has 0 aromatic heterocycles. The Morgan fingerprint density at radius 3 is 2.31 bits per heavy atom. The van der Waals surface area contributed by atoms with E-state index >= 15 is 0 Å². The first-order valence-electron chi connectivity index (χ1n) is 8.97. The smallest absolute Gasteiger partial charge is 0.265 e. The van der Waals surface area contributed by atoms with Crippen LogP contribution in [0.4, 0.5) is 5.69 Å². The molecule has 3 aromatic rings. The number of nitrogens with one attached hydrogen (secondary N) is 1. The Bertz CT molecular complexity index is 1010. The number of rotatable bonds is 7. The van der Waals surface area contributed by atoms with E-state index in [1.807, 2.05) is 36.4 Å². The second-order valence-electron chi connectivity index (χ2n) is 6.17. The molecule has 0 unspecified atom stereocenters. The quantitative estimate of drug-likeness (QED) is 0.631. The zero-order valence-corrected chi connectivity index (χ0v) is 16.1. The number of anilines is 1. The van der Waals surface area contributed by atoms with Gasteiger partial charge in [0.05, 0.1) is 18.7 Å². The normalized spacial score (nSPS) is 11.1. The van der Waals surface area contributed by atoms with Crippen LogP contribution in [0, 0.1) is 11.3 Å². The zero-order chi connectivity index (χ0) is 20.6. The van der Waals surface area contributed by atoms with Crippen molar-refractivity contribution in [1.29, 1.82) is 5.26 Å². The summed E-state index contributed by atoms with van der Waals surface area (Å²) >= 11 is 0. The van der Waals surface area contributed by atoms with E-state index < -0.39 is 6.10 Å². The monoisotopic (exact) mass is 388 g/mol. The van der Waals surface area contributed by atoms with Crippen LogP contribution in [0.2, 0.25) is 0 Å². The van der Waals surface area contributed by atoms with E-state index in [2.05, 4.69) is 5.32 Å². The van der Waals surface area contributed by atoms with Gasteiger partial charge in [0.2, 0.25) is 0 Å². The van der Waals surface area contributed by atoms with Gasteiger partial charge in [-0.05, 0) is 55.5 Å². The molecular weight excluding hydrogens is 368 g/mol. The molecule has 146 valence electrons. The minimum Gasteiger partial charge on any atom is -0.493 e. The lowest BCUT2D eigenvalue weighted by molar-refractivity contribution is -0.122. The maximum Gasteiger partial charge on any atom is 0.265 e. The third kappa shape index (κ3) is 5.27. The molecule has 0 saturated heterocycles. The SMILES string of the molecule is COc1cc(C#N)ccc1O[C@H](C)C(=O)Nc1ccc(Oc2ccccc2)cc1. The van der Waals surface area contributed by atoms with E-state index in [9.17, 15) is 4.79 Å². The number of ether oxygens (including phenoxy) is 3. The molecule has 6 heteroatoms. The number of benzene rings is 3. The second-order valence-corrected chi connectivity index (χ2v) is 6.17. The highest BCUT2D eigenvalue weighted by Crippen LogP contribution is 2.29. The highest BCUT2D eigenvalue weighted by Gasteiger charge is 2.17. The molecule has 3 rings (SSSR count). The summed E-state index contributed by atoms with van der Waals surface area (Å²) in [4.78, 5) is 12.5. The van der Waals surface area contributed by atoms with E-state index in [-0.39, 0.29) is 5.91 Å². The number of nitrogens with zero attached hydrogens (tertiary/aromatic N) is 1. The molecule has 1 amide bonds. The second kappa shape index (κ2) is 9.29. The molecule has 0 bridgehead atoms. The standard InChI is InChI=1S/C23H20N2O4/c1-16(28-21-13-8-17(15-24)14-22(21)27-2)23(26)25-18-9-11-20(12-10-18)29-19-6-4-3-5-7-19/h3-14,16H,1-2H3,(H,25,26)/t16-/m1/s1. The van der Waals surface area contributed by atoms with Crippen LogP contribution in [0.25, 0.3) is 0 Å². The molecule has 6 nitrogen and oxygen atoms in total. The van der Waals surface area contributed by atoms with Crippen LogP contribution < -0.4 is 19.5 Å². The molecule has 0 radical (unpaired) electrons. The highest BCUT2D eigenvalue weighted by atomic mass is 16.5. The number of methoxy groups -OCH3 is 1. The third-order valence-electron chi connectivity index (χ3n) is 4.07. The number of carbonyl (C=O) groups excluding carboxylic acids is 1. The van der Waals surface area contributed by atoms with Crippen molar-refractivity contribution in [3.8, 4) is 29.1 Å². The lowest BCUT2D eigenvalue weighted by Crippen LogP contribution is -2.30. The Morgan fingerprint density at radius 2 is 1.66 bits per heavy atom. The lowest BCUT2D eigenvalue weighted by atomic mass is 10.2. The van der Waals surface area contributed by atoms with Crippen molar-refractivity contribution in [2.45, 2.75) is 13.0 Å². The molecule has 0 saturated carbocycles. The van der Waals surface area contributed by atoms with E-state index in [4.69, 9.17) is 19.5 Å². The van der Waals surface area contributed by atoms with E-state index in [0.29, 0.717) is 28.5 Å². The fourth-order valence-electron chi connectivity index (χ4n) is 2.55. The molecule has 0 aliphatic carbocycles. The van der Waals surface area contributed by atoms with Crippen molar-refractivity contribution in [2.24, 2.45) is 0 Å². The maximum absolute atomic E-state index is 12.5. The fourth-order valence-corrected chi connectivity index (χ4v) is 2.55. The molecule has 1 N–H and O–H groups in total. The Labute approximate surface area is 169 Å². The van der Waals surface area contributed by atoms with Crippen molar-refractivity contribution in [2.75, 3.05) is 12.4 Å². The summed E-state index contributed by atoms with van der Waals surface area (Å²) in [5.41, 5.74) is 1.07. The molecular formula is C23H20N2O4. The molecule has 1 atom stereocenters. The van der Waals surface area contributed by atoms with Crippen LogP contribution in [-0.2, 0) is 4.79 Å². The summed E-state index contributed by atoms with van der Waals surface area (Å²) in [6, 6.07) is 23.3. The predicted molar refractivity (Wildman–Crippen MR) is 109 cm³/mol. The molecule has 0 fully saturated rings. The van der Waals surface area contributed by atoms with Crippen molar-refractivity contribution in [1.82, 2.24) is 0 Å². The maximum atomic E-state index is 12.5. The summed E-state index contributed by atoms with van der Waals surface area (Å²) in [6.45, 7) is 1.64. The number of hydrogen-bond donors (Lipinski definition) is 1. The van der Waals surface area contributed by atoms with Gasteiger partial charge in [-0.15, -0.1) is 0 Å². The Hall–Kier alpha value is -3.98. The van der Waals surface area contributed by atoms with Crippen LogP contribution in [0.1, 0.15) is 12.5 Å². The van der Waals surface area contributed by atoms with Gasteiger partial charge >= 0.3 is 0 Å². The minimum absolute atomic E-state index is 0.312. The minimum atomic E-state index is -0.767. The van der Waals surface area contributed by atoms with E-state index in [1.165, 1.54) is 7.11 Å². The average Bonchev–Trinajstić information content (AvgIpc) is 2.76. The molecule has 29 heavy (non-hydrogen) atoms. The molecule has 0 aliphatic rings. The topological polar surface area (TPSA) is 80.6 Å². The molecule has 0 spiro atoms. The van der Waals surface area contributed by atoms with Gasteiger partial charge in [0.25, 0.3) is 5.91 Å². The Morgan fingerprint density at radius 1 is 0.966 bits per heavy atom. The predicted octanol–water partition coefficient (Wildman–Crippen LogP) is 4.77. The van der Waals surface area contributed by atoms with Crippen LogP contribution >= 0.6 is 0 Å². The Balaban J connectivity index is 1.60. The van der Waals surface area contributed by atoms with Crippen molar-refractivity contribution in [3.63, 3.8) is 0 Å². The van der Waals surface area contributed by atoms with E-state index in [0.717, 1.165) is 5.75 Å². The highest BCUT2D eigenvalue weighted by molar-refractivity contribution is 5.94. The van der Waals surface area contributed by atoms with Gasteiger partial charge in [0.1, 0.15) is 11.5 Å². The van der Waals surface area contributed by atoms with Crippen LogP contribution in [0.5, 0.6) is 23.0 Å². The van der Waals surface area contributed by atoms with Crippen LogP contribution in [-0.4, -0.2) is 19.1 Å². The number of amides is 1. The summed E-state index contributed by atoms with van der Waals surface area (Å²) in [6.07, 6.45) is -0.767. The third-order valence-corrected chi connectivity index (χ3v) is 4.07. The first kappa shape index (κ1) is 19.8. The van der Waals surface area contributed by atoms with Gasteiger partial charge in [0.15, 0.2) is 17.6 Å². The summed E-state index contributed by atoms with van der Waals surface area (Å²) < 4.78 is 16.7. The van der Waals surface area contributed by atoms with Crippen molar-refractivity contribution < 1.29 is 19.0 Å². The average molecular weight is 388 g/mol. The van der Waals surface area contributed by atoms with Gasteiger partial charge in [-0.1, -0.05) is 18.2 Å². The first-order valence-corrected chi connectivity index (χ1v) is 8.97. The lowest BCUT2D eigenvalue weighted by Gasteiger charge is -2.17. The fraction of sp³-hybridized carbons (Fsp3) is 0.130. The van der Waals surface area contributed by atoms with Crippen molar-refractivity contribution >= 4 is 11.6 Å². The number of carbonyl (C=O) groups is 1. The molecule has 0 aliphatic heterocycles. The van der Waals surface area contributed by atoms with Gasteiger partial charge in [-0.2, -0.15) is 5.26 Å². The molecule has 0 heterocycles. The summed E-state index contributed by atoms with van der Waals surface area (Å²) in [5, 5.41) is 11.8. The Kier molecular flexibility index (Phi) is 6.33. The van der Waals surface area contributed by atoms with Gasteiger partial charge in [0, 0.05) is 11.8 Å². The number of hydrogen-bond acceptors (Lipinski definition) is 5.